The van der Waals surface area contributed by atoms with E-state index in [1.54, 1.807) is 11.8 Å². The van der Waals surface area contributed by atoms with Crippen molar-refractivity contribution in [3.05, 3.63) is 89.6 Å². The van der Waals surface area contributed by atoms with Crippen molar-refractivity contribution in [1.29, 1.82) is 0 Å². The number of para-hydroxylation sites is 1. The molecule has 0 amide bonds. The highest BCUT2D eigenvalue weighted by Crippen LogP contribution is 2.26. The molecule has 2 aromatic carbocycles. The Morgan fingerprint density at radius 3 is 2.38 bits per heavy atom. The van der Waals surface area contributed by atoms with Gasteiger partial charge in [-0.2, -0.15) is 0 Å². The summed E-state index contributed by atoms with van der Waals surface area (Å²) in [4.78, 5) is 0. The molecule has 0 saturated carbocycles. The highest BCUT2D eigenvalue weighted by atomic mass is 32.2. The van der Waals surface area contributed by atoms with Crippen molar-refractivity contribution in [1.82, 2.24) is 19.9 Å². The van der Waals surface area contributed by atoms with Gasteiger partial charge in [0, 0.05) is 18.2 Å². The number of hydrogen-bond donors (Lipinski definition) is 0. The predicted molar refractivity (Wildman–Crippen MR) is 101 cm³/mol. The molecule has 4 rings (SSSR count). The van der Waals surface area contributed by atoms with Crippen LogP contribution in [-0.2, 0) is 12.2 Å². The second-order valence-corrected chi connectivity index (χ2v) is 6.90. The number of thioether (sulfide) groups is 1. The topological polar surface area (TPSA) is 56.7 Å². The maximum atomic E-state index is 5.31. The molecule has 130 valence electrons. The second kappa shape index (κ2) is 7.58. The van der Waals surface area contributed by atoms with Crippen LogP contribution in [0.3, 0.4) is 0 Å². The standard InChI is InChI=1S/C20H18N4OS/c1-15-12-18(25-23-15)14-26-20-22-21-19(13-16-8-4-2-5-9-16)24(20)17-10-6-3-7-11-17/h2-12H,13-14H2,1H3. The van der Waals surface area contributed by atoms with Gasteiger partial charge in [-0.1, -0.05) is 65.4 Å². The molecule has 6 heteroatoms. The van der Waals surface area contributed by atoms with E-state index in [9.17, 15) is 0 Å². The minimum absolute atomic E-state index is 0.664. The van der Waals surface area contributed by atoms with Crippen LogP contribution >= 0.6 is 11.8 Å². The van der Waals surface area contributed by atoms with E-state index in [4.69, 9.17) is 4.52 Å². The lowest BCUT2D eigenvalue weighted by atomic mass is 10.1. The Labute approximate surface area is 156 Å². The van der Waals surface area contributed by atoms with Gasteiger partial charge in [-0.15, -0.1) is 10.2 Å². The van der Waals surface area contributed by atoms with E-state index in [1.165, 1.54) is 5.56 Å². The third-order valence-electron chi connectivity index (χ3n) is 3.94. The van der Waals surface area contributed by atoms with Gasteiger partial charge in [0.25, 0.3) is 0 Å². The van der Waals surface area contributed by atoms with Crippen LogP contribution in [0.15, 0.2) is 76.4 Å². The molecule has 0 spiro atoms. The number of aryl methyl sites for hydroxylation is 1. The van der Waals surface area contributed by atoms with E-state index in [1.807, 2.05) is 49.4 Å². The van der Waals surface area contributed by atoms with Gasteiger partial charge in [0.1, 0.15) is 11.6 Å². The summed E-state index contributed by atoms with van der Waals surface area (Å²) in [7, 11) is 0. The summed E-state index contributed by atoms with van der Waals surface area (Å²) in [6, 6.07) is 22.5. The first-order valence-electron chi connectivity index (χ1n) is 8.38. The lowest BCUT2D eigenvalue weighted by Gasteiger charge is -2.10. The van der Waals surface area contributed by atoms with Crippen molar-refractivity contribution < 1.29 is 4.52 Å². The van der Waals surface area contributed by atoms with Crippen molar-refractivity contribution in [2.45, 2.75) is 24.3 Å². The smallest absolute Gasteiger partial charge is 0.196 e. The molecule has 0 aliphatic rings. The first kappa shape index (κ1) is 16.6. The van der Waals surface area contributed by atoms with Crippen LogP contribution in [0.2, 0.25) is 0 Å². The lowest BCUT2D eigenvalue weighted by molar-refractivity contribution is 0.391. The molecule has 5 nitrogen and oxygen atoms in total. The molecule has 0 N–H and O–H groups in total. The Kier molecular flexibility index (Phi) is 4.84. The molecule has 2 heterocycles. The molecule has 0 bridgehead atoms. The Hall–Kier alpha value is -2.86. The molecule has 0 atom stereocenters. The van der Waals surface area contributed by atoms with E-state index in [2.05, 4.69) is 44.2 Å². The summed E-state index contributed by atoms with van der Waals surface area (Å²) in [5, 5.41) is 13.7. The summed E-state index contributed by atoms with van der Waals surface area (Å²) < 4.78 is 7.42. The number of aromatic nitrogens is 4. The van der Waals surface area contributed by atoms with Gasteiger partial charge < -0.3 is 4.52 Å². The van der Waals surface area contributed by atoms with Crippen molar-refractivity contribution in [2.24, 2.45) is 0 Å². The van der Waals surface area contributed by atoms with Crippen LogP contribution in [0.1, 0.15) is 22.8 Å². The monoisotopic (exact) mass is 362 g/mol. The average Bonchev–Trinajstić information content (AvgIpc) is 3.27. The van der Waals surface area contributed by atoms with Crippen molar-refractivity contribution >= 4 is 11.8 Å². The molecular weight excluding hydrogens is 344 g/mol. The summed E-state index contributed by atoms with van der Waals surface area (Å²) in [5.41, 5.74) is 3.15. The zero-order valence-electron chi connectivity index (χ0n) is 14.4. The maximum absolute atomic E-state index is 5.31. The first-order valence-corrected chi connectivity index (χ1v) is 9.37. The SMILES string of the molecule is Cc1cc(CSc2nnc(Cc3ccccc3)n2-c2ccccc2)on1. The van der Waals surface area contributed by atoms with Crippen LogP contribution in [0.25, 0.3) is 5.69 Å². The van der Waals surface area contributed by atoms with Crippen LogP contribution in [0.4, 0.5) is 0 Å². The maximum Gasteiger partial charge on any atom is 0.196 e. The summed E-state index contributed by atoms with van der Waals surface area (Å²) >= 11 is 1.60. The predicted octanol–water partition coefficient (Wildman–Crippen LogP) is 4.45. The number of benzene rings is 2. The summed E-state index contributed by atoms with van der Waals surface area (Å²) in [6.45, 7) is 1.92. The fraction of sp³-hybridized carbons (Fsp3) is 0.150. The van der Waals surface area contributed by atoms with Crippen molar-refractivity contribution in [3.63, 3.8) is 0 Å². The molecule has 0 aliphatic carbocycles. The Morgan fingerprint density at radius 2 is 1.69 bits per heavy atom. The average molecular weight is 362 g/mol. The fourth-order valence-corrected chi connectivity index (χ4v) is 3.59. The van der Waals surface area contributed by atoms with Crippen molar-refractivity contribution in [2.75, 3.05) is 0 Å². The van der Waals surface area contributed by atoms with Crippen LogP contribution in [0.5, 0.6) is 0 Å². The third kappa shape index (κ3) is 3.70. The van der Waals surface area contributed by atoms with E-state index < -0.39 is 0 Å². The Balaban J connectivity index is 1.65. The molecule has 0 radical (unpaired) electrons. The number of hydrogen-bond acceptors (Lipinski definition) is 5. The highest BCUT2D eigenvalue weighted by molar-refractivity contribution is 7.98. The molecule has 2 aromatic heterocycles. The van der Waals surface area contributed by atoms with Gasteiger partial charge in [-0.05, 0) is 24.6 Å². The minimum atomic E-state index is 0.664. The van der Waals surface area contributed by atoms with Crippen LogP contribution in [-0.4, -0.2) is 19.9 Å². The van der Waals surface area contributed by atoms with Gasteiger partial charge in [-0.25, -0.2) is 0 Å². The molecule has 0 saturated heterocycles. The fourth-order valence-electron chi connectivity index (χ4n) is 2.74. The van der Waals surface area contributed by atoms with E-state index in [0.717, 1.165) is 34.5 Å². The highest BCUT2D eigenvalue weighted by Gasteiger charge is 2.15. The Bertz CT molecular complexity index is 979. The molecule has 4 aromatic rings. The summed E-state index contributed by atoms with van der Waals surface area (Å²) in [5.74, 6) is 2.41. The van der Waals surface area contributed by atoms with Gasteiger partial charge in [0.2, 0.25) is 0 Å². The lowest BCUT2D eigenvalue weighted by Crippen LogP contribution is -2.03. The van der Waals surface area contributed by atoms with Gasteiger partial charge in [-0.3, -0.25) is 4.57 Å². The first-order chi connectivity index (χ1) is 12.8. The van der Waals surface area contributed by atoms with Gasteiger partial charge in [0.05, 0.1) is 11.4 Å². The van der Waals surface area contributed by atoms with Crippen LogP contribution < -0.4 is 0 Å². The molecule has 26 heavy (non-hydrogen) atoms. The van der Waals surface area contributed by atoms with Crippen LogP contribution in [0, 0.1) is 6.92 Å². The van der Waals surface area contributed by atoms with Crippen molar-refractivity contribution in [3.8, 4) is 5.69 Å². The van der Waals surface area contributed by atoms with E-state index >= 15 is 0 Å². The molecule has 0 aliphatic heterocycles. The summed E-state index contributed by atoms with van der Waals surface area (Å²) in [6.07, 6.45) is 0.727. The zero-order chi connectivity index (χ0) is 17.8. The largest absolute Gasteiger partial charge is 0.360 e. The third-order valence-corrected chi connectivity index (χ3v) is 4.89. The van der Waals surface area contributed by atoms with Gasteiger partial charge in [0.15, 0.2) is 5.16 Å². The second-order valence-electron chi connectivity index (χ2n) is 5.96. The normalized spacial score (nSPS) is 11.0. The number of nitrogens with zero attached hydrogens (tertiary/aromatic N) is 4. The Morgan fingerprint density at radius 1 is 0.962 bits per heavy atom. The minimum Gasteiger partial charge on any atom is -0.360 e. The molecular formula is C20H18N4OS. The molecule has 0 fully saturated rings. The molecule has 0 unspecified atom stereocenters. The quantitative estimate of drug-likeness (QED) is 0.474. The van der Waals surface area contributed by atoms with Gasteiger partial charge >= 0.3 is 0 Å². The van der Waals surface area contributed by atoms with E-state index in [0.29, 0.717) is 5.75 Å². The zero-order valence-corrected chi connectivity index (χ0v) is 15.2. The number of rotatable bonds is 6. The van der Waals surface area contributed by atoms with E-state index in [-0.39, 0.29) is 0 Å².